The van der Waals surface area contributed by atoms with Gasteiger partial charge in [0.15, 0.2) is 0 Å². The molecule has 0 radical (unpaired) electrons. The minimum atomic E-state index is -0.997. The molecule has 3 N–H and O–H groups in total. The third-order valence-corrected chi connectivity index (χ3v) is 6.08. The second-order valence-corrected chi connectivity index (χ2v) is 8.80. The van der Waals surface area contributed by atoms with Crippen LogP contribution in [0.5, 0.6) is 0 Å². The summed E-state index contributed by atoms with van der Waals surface area (Å²) in [5.74, 6) is -0.818. The molecule has 2 amide bonds. The molecule has 0 unspecified atom stereocenters. The average molecular weight is 457 g/mol. The van der Waals surface area contributed by atoms with Gasteiger partial charge in [0, 0.05) is 12.0 Å². The maximum atomic E-state index is 12.6. The van der Waals surface area contributed by atoms with E-state index < -0.39 is 30.1 Å². The summed E-state index contributed by atoms with van der Waals surface area (Å²) in [6, 6.07) is 14.8. The summed E-state index contributed by atoms with van der Waals surface area (Å²) >= 11 is 1.56. The molecular formula is C24H28N2O5S. The number of ether oxygens (including phenoxy) is 1. The molecular weight excluding hydrogens is 428 g/mol. The van der Waals surface area contributed by atoms with E-state index in [9.17, 15) is 14.4 Å². The number of carbonyl (C=O) groups excluding carboxylic acids is 2. The van der Waals surface area contributed by atoms with Gasteiger partial charge in [0.2, 0.25) is 5.91 Å². The van der Waals surface area contributed by atoms with Crippen molar-refractivity contribution < 1.29 is 24.2 Å². The SMILES string of the molecule is CSCC[C@@H](NC(=O)OCC1c2ccccc2-c2ccccc21)C(=O)N[C@H](C)CC(=O)O. The van der Waals surface area contributed by atoms with Crippen LogP contribution in [0.3, 0.4) is 0 Å². The number of alkyl carbamates (subject to hydrolysis) is 1. The number of benzene rings is 2. The second kappa shape index (κ2) is 11.0. The molecule has 2 aromatic rings. The molecule has 0 spiro atoms. The molecule has 0 saturated heterocycles. The zero-order chi connectivity index (χ0) is 23.1. The van der Waals surface area contributed by atoms with E-state index in [0.29, 0.717) is 12.2 Å². The van der Waals surface area contributed by atoms with Crippen molar-refractivity contribution in [1.29, 1.82) is 0 Å². The number of aliphatic carboxylic acids is 1. The minimum absolute atomic E-state index is 0.0674. The Hall–Kier alpha value is -3.00. The van der Waals surface area contributed by atoms with Gasteiger partial charge in [0.25, 0.3) is 0 Å². The summed E-state index contributed by atoms with van der Waals surface area (Å²) in [5, 5.41) is 14.2. The highest BCUT2D eigenvalue weighted by molar-refractivity contribution is 7.98. The van der Waals surface area contributed by atoms with Crippen LogP contribution < -0.4 is 10.6 Å². The first kappa shape index (κ1) is 23.7. The topological polar surface area (TPSA) is 105 Å². The number of rotatable bonds is 10. The largest absolute Gasteiger partial charge is 0.481 e. The fourth-order valence-electron chi connectivity index (χ4n) is 3.94. The molecule has 32 heavy (non-hydrogen) atoms. The molecule has 0 bridgehead atoms. The molecule has 0 fully saturated rings. The van der Waals surface area contributed by atoms with Gasteiger partial charge in [-0.1, -0.05) is 48.5 Å². The predicted molar refractivity (Wildman–Crippen MR) is 125 cm³/mol. The molecule has 0 aliphatic heterocycles. The first-order valence-electron chi connectivity index (χ1n) is 10.5. The Morgan fingerprint density at radius 2 is 1.62 bits per heavy atom. The van der Waals surface area contributed by atoms with Gasteiger partial charge in [0.1, 0.15) is 12.6 Å². The van der Waals surface area contributed by atoms with E-state index >= 15 is 0 Å². The molecule has 7 nitrogen and oxygen atoms in total. The van der Waals surface area contributed by atoms with E-state index in [1.807, 2.05) is 42.7 Å². The number of thioether (sulfide) groups is 1. The van der Waals surface area contributed by atoms with Crippen molar-refractivity contribution in [2.75, 3.05) is 18.6 Å². The Labute approximate surface area is 191 Å². The number of carboxylic acids is 1. The van der Waals surface area contributed by atoms with Crippen molar-refractivity contribution in [2.45, 2.75) is 37.8 Å². The predicted octanol–water partition coefficient (Wildman–Crippen LogP) is 3.63. The van der Waals surface area contributed by atoms with E-state index in [1.54, 1.807) is 18.7 Å². The monoisotopic (exact) mass is 456 g/mol. The van der Waals surface area contributed by atoms with Gasteiger partial charge in [-0.15, -0.1) is 0 Å². The van der Waals surface area contributed by atoms with Crippen LogP contribution >= 0.6 is 11.8 Å². The average Bonchev–Trinajstić information content (AvgIpc) is 3.08. The van der Waals surface area contributed by atoms with Crippen molar-refractivity contribution in [1.82, 2.24) is 10.6 Å². The normalized spacial score (nSPS) is 14.1. The number of hydrogen-bond donors (Lipinski definition) is 3. The molecule has 1 aliphatic rings. The molecule has 8 heteroatoms. The highest BCUT2D eigenvalue weighted by Gasteiger charge is 2.30. The summed E-state index contributed by atoms with van der Waals surface area (Å²) in [6.07, 6.45) is 1.47. The molecule has 0 aromatic heterocycles. The summed E-state index contributed by atoms with van der Waals surface area (Å²) < 4.78 is 5.54. The highest BCUT2D eigenvalue weighted by atomic mass is 32.2. The Balaban J connectivity index is 1.63. The number of nitrogens with one attached hydrogen (secondary N) is 2. The van der Waals surface area contributed by atoms with Crippen LogP contribution in [0.25, 0.3) is 11.1 Å². The first-order valence-corrected chi connectivity index (χ1v) is 11.9. The van der Waals surface area contributed by atoms with Crippen LogP contribution in [0.1, 0.15) is 36.8 Å². The van der Waals surface area contributed by atoms with E-state index in [4.69, 9.17) is 9.84 Å². The maximum Gasteiger partial charge on any atom is 0.407 e. The van der Waals surface area contributed by atoms with Crippen LogP contribution in [-0.4, -0.2) is 53.8 Å². The lowest BCUT2D eigenvalue weighted by atomic mass is 9.98. The fourth-order valence-corrected chi connectivity index (χ4v) is 4.41. The Kier molecular flexibility index (Phi) is 8.16. The maximum absolute atomic E-state index is 12.6. The minimum Gasteiger partial charge on any atom is -0.481 e. The van der Waals surface area contributed by atoms with Gasteiger partial charge in [-0.2, -0.15) is 11.8 Å². The Bertz CT molecular complexity index is 935. The zero-order valence-corrected chi connectivity index (χ0v) is 19.0. The lowest BCUT2D eigenvalue weighted by Crippen LogP contribution is -2.49. The van der Waals surface area contributed by atoms with Crippen molar-refractivity contribution >= 4 is 29.7 Å². The number of hydrogen-bond acceptors (Lipinski definition) is 5. The van der Waals surface area contributed by atoms with Crippen molar-refractivity contribution in [3.8, 4) is 11.1 Å². The van der Waals surface area contributed by atoms with E-state index in [0.717, 1.165) is 22.3 Å². The van der Waals surface area contributed by atoms with Crippen molar-refractivity contribution in [3.05, 3.63) is 59.7 Å². The van der Waals surface area contributed by atoms with E-state index in [2.05, 4.69) is 22.8 Å². The fraction of sp³-hybridized carbons (Fsp3) is 0.375. The van der Waals surface area contributed by atoms with E-state index in [1.165, 1.54) is 0 Å². The van der Waals surface area contributed by atoms with Gasteiger partial charge in [-0.05, 0) is 47.6 Å². The Morgan fingerprint density at radius 1 is 1.03 bits per heavy atom. The van der Waals surface area contributed by atoms with Gasteiger partial charge < -0.3 is 20.5 Å². The first-order chi connectivity index (χ1) is 15.4. The van der Waals surface area contributed by atoms with Crippen LogP contribution in [-0.2, 0) is 14.3 Å². The number of fused-ring (bicyclic) bond motifs is 3. The third-order valence-electron chi connectivity index (χ3n) is 5.43. The number of carboxylic acid groups (broad SMARTS) is 1. The van der Waals surface area contributed by atoms with Crippen molar-refractivity contribution in [2.24, 2.45) is 0 Å². The third kappa shape index (κ3) is 5.82. The number of amides is 2. The molecule has 2 aromatic carbocycles. The van der Waals surface area contributed by atoms with E-state index in [-0.39, 0.29) is 18.9 Å². The van der Waals surface area contributed by atoms with Gasteiger partial charge in [0.05, 0.1) is 6.42 Å². The molecule has 0 heterocycles. The van der Waals surface area contributed by atoms with Gasteiger partial charge in [-0.25, -0.2) is 4.79 Å². The Morgan fingerprint density at radius 3 is 2.19 bits per heavy atom. The smallest absolute Gasteiger partial charge is 0.407 e. The molecule has 2 atom stereocenters. The lowest BCUT2D eigenvalue weighted by Gasteiger charge is -2.21. The highest BCUT2D eigenvalue weighted by Crippen LogP contribution is 2.44. The molecule has 170 valence electrons. The molecule has 1 aliphatic carbocycles. The number of carbonyl (C=O) groups is 3. The summed E-state index contributed by atoms with van der Waals surface area (Å²) in [5.41, 5.74) is 4.50. The molecule has 0 saturated carbocycles. The van der Waals surface area contributed by atoms with Crippen LogP contribution in [0.15, 0.2) is 48.5 Å². The second-order valence-electron chi connectivity index (χ2n) is 7.81. The van der Waals surface area contributed by atoms with Gasteiger partial charge >= 0.3 is 12.1 Å². The zero-order valence-electron chi connectivity index (χ0n) is 18.2. The van der Waals surface area contributed by atoms with Crippen molar-refractivity contribution in [3.63, 3.8) is 0 Å². The van der Waals surface area contributed by atoms with Crippen LogP contribution in [0.2, 0.25) is 0 Å². The quantitative estimate of drug-likeness (QED) is 0.504. The van der Waals surface area contributed by atoms with Crippen LogP contribution in [0.4, 0.5) is 4.79 Å². The summed E-state index contributed by atoms with van der Waals surface area (Å²) in [6.45, 7) is 1.77. The summed E-state index contributed by atoms with van der Waals surface area (Å²) in [4.78, 5) is 36.0. The molecule has 3 rings (SSSR count). The summed E-state index contributed by atoms with van der Waals surface area (Å²) in [7, 11) is 0. The van der Waals surface area contributed by atoms with Gasteiger partial charge in [-0.3, -0.25) is 9.59 Å². The lowest BCUT2D eigenvalue weighted by molar-refractivity contribution is -0.137. The standard InChI is InChI=1S/C24H28N2O5S/c1-15(13-22(27)28)25-23(29)21(11-12-32-2)26-24(30)31-14-20-18-9-5-3-7-16(18)17-8-4-6-10-19(17)20/h3-10,15,20-21H,11-14H2,1-2H3,(H,25,29)(H,26,30)(H,27,28)/t15-,21-/m1/s1. The van der Waals surface area contributed by atoms with Crippen LogP contribution in [0, 0.1) is 0 Å².